The number of halogens is 2. The van der Waals surface area contributed by atoms with Crippen molar-refractivity contribution >= 4 is 35.2 Å². The van der Waals surface area contributed by atoms with Crippen LogP contribution in [0, 0.1) is 0 Å². The van der Waals surface area contributed by atoms with Gasteiger partial charge in [-0.1, -0.05) is 35.3 Å². The Kier molecular flexibility index (Phi) is 5.52. The molecule has 4 heteroatoms. The highest BCUT2D eigenvalue weighted by Crippen LogP contribution is 2.15. The van der Waals surface area contributed by atoms with Crippen LogP contribution in [0.15, 0.2) is 29.3 Å². The van der Waals surface area contributed by atoms with E-state index in [1.165, 1.54) is 0 Å². The van der Waals surface area contributed by atoms with Gasteiger partial charge < -0.3 is 4.90 Å². The zero-order valence-electron chi connectivity index (χ0n) is 9.91. The fourth-order valence-electron chi connectivity index (χ4n) is 1.43. The van der Waals surface area contributed by atoms with E-state index >= 15 is 0 Å². The molecule has 1 aromatic rings. The fraction of sp³-hybridized carbons (Fsp3) is 0.308. The molecule has 0 radical (unpaired) electrons. The van der Waals surface area contributed by atoms with Crippen LogP contribution in [0.4, 0.5) is 0 Å². The summed E-state index contributed by atoms with van der Waals surface area (Å²) in [5.41, 5.74) is 0.861. The Morgan fingerprint density at radius 1 is 1.24 bits per heavy atom. The van der Waals surface area contributed by atoms with Crippen LogP contribution in [0.1, 0.15) is 19.4 Å². The Morgan fingerprint density at radius 2 is 1.76 bits per heavy atom. The zero-order valence-corrected chi connectivity index (χ0v) is 11.4. The van der Waals surface area contributed by atoms with Crippen molar-refractivity contribution in [2.45, 2.75) is 13.8 Å². The summed E-state index contributed by atoms with van der Waals surface area (Å²) in [6.45, 7) is 5.15. The molecule has 92 valence electrons. The first-order chi connectivity index (χ1) is 8.08. The molecule has 2 nitrogen and oxygen atoms in total. The predicted octanol–water partition coefficient (Wildman–Crippen LogP) is 3.79. The molecule has 0 unspecified atom stereocenters. The molecular formula is C13H15Cl2NO. The zero-order chi connectivity index (χ0) is 12.8. The first kappa shape index (κ1) is 14.1. The minimum Gasteiger partial charge on any atom is -0.338 e. The monoisotopic (exact) mass is 271 g/mol. The van der Waals surface area contributed by atoms with Gasteiger partial charge in [0.1, 0.15) is 5.03 Å². The molecule has 0 N–H and O–H groups in total. The molecule has 0 bridgehead atoms. The van der Waals surface area contributed by atoms with Crippen LogP contribution >= 0.6 is 23.2 Å². The molecule has 1 amide bonds. The number of likely N-dealkylation sites (N-methyl/N-ethyl adjacent to an activating group) is 1. The molecule has 0 aromatic heterocycles. The predicted molar refractivity (Wildman–Crippen MR) is 73.2 cm³/mol. The Hall–Kier alpha value is -0.990. The standard InChI is InChI=1S/C13H15Cl2NO/c1-3-16(4-2)13(17)12(15)9-10-5-7-11(14)8-6-10/h5-9H,3-4H2,1-2H3/b12-9-. The number of nitrogens with zero attached hydrogens (tertiary/aromatic N) is 1. The lowest BCUT2D eigenvalue weighted by Gasteiger charge is -2.17. The van der Waals surface area contributed by atoms with Gasteiger partial charge in [-0.15, -0.1) is 0 Å². The van der Waals surface area contributed by atoms with Crippen molar-refractivity contribution in [1.82, 2.24) is 4.90 Å². The number of hydrogen-bond donors (Lipinski definition) is 0. The summed E-state index contributed by atoms with van der Waals surface area (Å²) < 4.78 is 0. The van der Waals surface area contributed by atoms with Crippen molar-refractivity contribution in [2.24, 2.45) is 0 Å². The topological polar surface area (TPSA) is 20.3 Å². The van der Waals surface area contributed by atoms with Crippen LogP contribution in [0.2, 0.25) is 5.02 Å². The molecule has 0 saturated heterocycles. The second kappa shape index (κ2) is 6.67. The van der Waals surface area contributed by atoms with Crippen molar-refractivity contribution in [1.29, 1.82) is 0 Å². The maximum absolute atomic E-state index is 11.9. The number of rotatable bonds is 4. The third-order valence-corrected chi connectivity index (χ3v) is 2.94. The van der Waals surface area contributed by atoms with Crippen LogP contribution in [-0.4, -0.2) is 23.9 Å². The van der Waals surface area contributed by atoms with Crippen molar-refractivity contribution in [3.05, 3.63) is 39.9 Å². The second-order valence-corrected chi connectivity index (χ2v) is 4.36. The summed E-state index contributed by atoms with van der Waals surface area (Å²) in [6, 6.07) is 7.17. The van der Waals surface area contributed by atoms with Gasteiger partial charge >= 0.3 is 0 Å². The number of hydrogen-bond acceptors (Lipinski definition) is 1. The summed E-state index contributed by atoms with van der Waals surface area (Å²) in [5, 5.41) is 0.879. The molecule has 0 fully saturated rings. The number of carbonyl (C=O) groups is 1. The average molecular weight is 272 g/mol. The van der Waals surface area contributed by atoms with E-state index < -0.39 is 0 Å². The third kappa shape index (κ3) is 4.06. The molecule has 0 aliphatic heterocycles. The van der Waals surface area contributed by atoms with Gasteiger partial charge in [-0.3, -0.25) is 4.79 Å². The first-order valence-electron chi connectivity index (χ1n) is 5.50. The van der Waals surface area contributed by atoms with Crippen LogP contribution < -0.4 is 0 Å². The van der Waals surface area contributed by atoms with Gasteiger partial charge in [0.25, 0.3) is 5.91 Å². The van der Waals surface area contributed by atoms with Gasteiger partial charge in [0.15, 0.2) is 0 Å². The molecule has 0 aliphatic rings. The van der Waals surface area contributed by atoms with E-state index in [1.54, 1.807) is 23.1 Å². The lowest BCUT2D eigenvalue weighted by molar-refractivity contribution is -0.126. The summed E-state index contributed by atoms with van der Waals surface area (Å²) in [4.78, 5) is 13.6. The van der Waals surface area contributed by atoms with Gasteiger partial charge in [-0.05, 0) is 37.6 Å². The van der Waals surface area contributed by atoms with E-state index in [0.29, 0.717) is 18.1 Å². The van der Waals surface area contributed by atoms with Crippen LogP contribution in [0.25, 0.3) is 6.08 Å². The molecule has 0 saturated carbocycles. The number of carbonyl (C=O) groups excluding carboxylic acids is 1. The van der Waals surface area contributed by atoms with Crippen molar-refractivity contribution in [2.75, 3.05) is 13.1 Å². The van der Waals surface area contributed by atoms with Crippen molar-refractivity contribution in [3.63, 3.8) is 0 Å². The fourth-order valence-corrected chi connectivity index (χ4v) is 1.80. The van der Waals surface area contributed by atoms with Crippen molar-refractivity contribution < 1.29 is 4.79 Å². The van der Waals surface area contributed by atoms with Crippen LogP contribution in [0.3, 0.4) is 0 Å². The molecule has 0 spiro atoms. The van der Waals surface area contributed by atoms with Crippen LogP contribution in [-0.2, 0) is 4.79 Å². The van der Waals surface area contributed by atoms with Gasteiger partial charge in [0, 0.05) is 18.1 Å². The van der Waals surface area contributed by atoms with Crippen molar-refractivity contribution in [3.8, 4) is 0 Å². The smallest absolute Gasteiger partial charge is 0.265 e. The summed E-state index contributed by atoms with van der Waals surface area (Å²) in [6.07, 6.45) is 1.65. The summed E-state index contributed by atoms with van der Waals surface area (Å²) in [7, 11) is 0. The molecule has 1 rings (SSSR count). The maximum atomic E-state index is 11.9. The van der Waals surface area contributed by atoms with Gasteiger partial charge in [0.05, 0.1) is 0 Å². The minimum atomic E-state index is -0.147. The van der Waals surface area contributed by atoms with E-state index in [2.05, 4.69) is 0 Å². The quantitative estimate of drug-likeness (QED) is 0.764. The second-order valence-electron chi connectivity index (χ2n) is 3.52. The molecule has 1 aromatic carbocycles. The van der Waals surface area contributed by atoms with Gasteiger partial charge in [0.2, 0.25) is 0 Å². The van der Waals surface area contributed by atoms with E-state index in [9.17, 15) is 4.79 Å². The lowest BCUT2D eigenvalue weighted by atomic mass is 10.2. The normalized spacial score (nSPS) is 11.4. The third-order valence-electron chi connectivity index (χ3n) is 2.42. The highest BCUT2D eigenvalue weighted by molar-refractivity contribution is 6.44. The van der Waals surface area contributed by atoms with E-state index in [4.69, 9.17) is 23.2 Å². The molecular weight excluding hydrogens is 257 g/mol. The molecule has 17 heavy (non-hydrogen) atoms. The highest BCUT2D eigenvalue weighted by atomic mass is 35.5. The Morgan fingerprint density at radius 3 is 2.24 bits per heavy atom. The van der Waals surface area contributed by atoms with Gasteiger partial charge in [-0.25, -0.2) is 0 Å². The maximum Gasteiger partial charge on any atom is 0.265 e. The van der Waals surface area contributed by atoms with E-state index in [0.717, 1.165) is 5.56 Å². The van der Waals surface area contributed by atoms with Crippen LogP contribution in [0.5, 0.6) is 0 Å². The average Bonchev–Trinajstić information content (AvgIpc) is 2.33. The number of amides is 1. The molecule has 0 heterocycles. The Bertz CT molecular complexity index is 408. The van der Waals surface area contributed by atoms with E-state index in [1.807, 2.05) is 26.0 Å². The Labute approximate surface area is 112 Å². The summed E-state index contributed by atoms with van der Waals surface area (Å²) >= 11 is 11.8. The number of benzene rings is 1. The minimum absolute atomic E-state index is 0.147. The first-order valence-corrected chi connectivity index (χ1v) is 6.26. The Balaban J connectivity index is 2.85. The molecule has 0 aliphatic carbocycles. The largest absolute Gasteiger partial charge is 0.338 e. The van der Waals surface area contributed by atoms with E-state index in [-0.39, 0.29) is 10.9 Å². The lowest BCUT2D eigenvalue weighted by Crippen LogP contribution is -2.30. The SMILES string of the molecule is CCN(CC)C(=O)/C(Cl)=C/c1ccc(Cl)cc1. The summed E-state index contributed by atoms with van der Waals surface area (Å²) in [5.74, 6) is -0.147. The highest BCUT2D eigenvalue weighted by Gasteiger charge is 2.13. The van der Waals surface area contributed by atoms with Gasteiger partial charge in [-0.2, -0.15) is 0 Å². The molecule has 0 atom stereocenters.